The van der Waals surface area contributed by atoms with Gasteiger partial charge in [0.2, 0.25) is 10.0 Å². The highest BCUT2D eigenvalue weighted by molar-refractivity contribution is 7.89. The van der Waals surface area contributed by atoms with Crippen LogP contribution in [0.3, 0.4) is 0 Å². The number of sulfonamides is 1. The van der Waals surface area contributed by atoms with Crippen LogP contribution in [0.15, 0.2) is 30.3 Å². The molecular weight excluding hydrogens is 467 g/mol. The van der Waals surface area contributed by atoms with E-state index in [4.69, 9.17) is 16.3 Å². The number of rotatable bonds is 7. The summed E-state index contributed by atoms with van der Waals surface area (Å²) in [5.41, 5.74) is 4.28. The molecule has 6 nitrogen and oxygen atoms in total. The van der Waals surface area contributed by atoms with Gasteiger partial charge in [-0.2, -0.15) is 0 Å². The number of halogens is 2. The molecule has 2 aliphatic rings. The molecule has 1 saturated heterocycles. The number of amides is 1. The minimum Gasteiger partial charge on any atom is -0.375 e. The number of hydrogen-bond acceptors (Lipinski definition) is 5. The monoisotopic (exact) mass is 494 g/mol. The van der Waals surface area contributed by atoms with Gasteiger partial charge in [-0.15, -0.1) is 0 Å². The largest absolute Gasteiger partial charge is 0.375 e. The van der Waals surface area contributed by atoms with Crippen molar-refractivity contribution >= 4 is 27.5 Å². The number of ether oxygens (including phenoxy) is 1. The lowest BCUT2D eigenvalue weighted by Gasteiger charge is -2.34. The number of hydrogen-bond donors (Lipinski definition) is 1. The molecule has 1 N–H and O–H groups in total. The molecule has 0 radical (unpaired) electrons. The number of carbonyl (C=O) groups excluding carboxylic acids is 1. The standard InChI is InChI=1S/C24H28ClFN2O4S/c1-15-9-18(22(16-3-4-16)12-21(15)24(29)27-33(2,30)31)13-28-7-8-32-20(14-28)10-17-5-6-19(26)11-23(17)25/h5-6,9,11-12,16,20H,3-4,7-8,10,13-14H2,1-2H3,(H,27,29)/t20-/m1/s1. The van der Waals surface area contributed by atoms with Crippen LogP contribution in [-0.4, -0.2) is 51.3 Å². The predicted octanol–water partition coefficient (Wildman–Crippen LogP) is 3.80. The van der Waals surface area contributed by atoms with E-state index < -0.39 is 15.9 Å². The van der Waals surface area contributed by atoms with Crippen LogP contribution in [0.2, 0.25) is 5.02 Å². The van der Waals surface area contributed by atoms with Crippen LogP contribution in [0.4, 0.5) is 4.39 Å². The second kappa shape index (κ2) is 9.70. The molecule has 2 fully saturated rings. The Hall–Kier alpha value is -2.00. The Morgan fingerprint density at radius 1 is 1.24 bits per heavy atom. The fourth-order valence-electron chi connectivity index (χ4n) is 4.38. The molecule has 1 heterocycles. The van der Waals surface area contributed by atoms with Crippen LogP contribution in [-0.2, 0) is 27.7 Å². The molecule has 33 heavy (non-hydrogen) atoms. The van der Waals surface area contributed by atoms with Crippen molar-refractivity contribution in [2.75, 3.05) is 26.0 Å². The fraction of sp³-hybridized carbons (Fsp3) is 0.458. The second-order valence-electron chi connectivity index (χ2n) is 9.01. The van der Waals surface area contributed by atoms with Gasteiger partial charge in [0.15, 0.2) is 0 Å². The van der Waals surface area contributed by atoms with Crippen LogP contribution < -0.4 is 4.72 Å². The molecule has 4 rings (SSSR count). The zero-order chi connectivity index (χ0) is 23.8. The van der Waals surface area contributed by atoms with Crippen molar-refractivity contribution < 1.29 is 22.3 Å². The van der Waals surface area contributed by atoms with Crippen LogP contribution in [0.5, 0.6) is 0 Å². The first kappa shape index (κ1) is 24.1. The van der Waals surface area contributed by atoms with E-state index >= 15 is 0 Å². The van der Waals surface area contributed by atoms with E-state index in [0.717, 1.165) is 54.4 Å². The Morgan fingerprint density at radius 3 is 2.67 bits per heavy atom. The third-order valence-electron chi connectivity index (χ3n) is 6.11. The maximum atomic E-state index is 13.4. The maximum absolute atomic E-state index is 13.4. The summed E-state index contributed by atoms with van der Waals surface area (Å²) >= 11 is 6.20. The molecule has 2 aromatic rings. The summed E-state index contributed by atoms with van der Waals surface area (Å²) in [4.78, 5) is 14.8. The Balaban J connectivity index is 1.49. The molecule has 0 spiro atoms. The quantitative estimate of drug-likeness (QED) is 0.633. The molecule has 0 aromatic heterocycles. The highest BCUT2D eigenvalue weighted by Gasteiger charge is 2.30. The van der Waals surface area contributed by atoms with Gasteiger partial charge >= 0.3 is 0 Å². The number of nitrogens with zero attached hydrogens (tertiary/aromatic N) is 1. The van der Waals surface area contributed by atoms with Crippen LogP contribution in [0, 0.1) is 12.7 Å². The molecule has 0 unspecified atom stereocenters. The average molecular weight is 495 g/mol. The Labute approximate surface area is 199 Å². The summed E-state index contributed by atoms with van der Waals surface area (Å²) < 4.78 is 44.4. The summed E-state index contributed by atoms with van der Waals surface area (Å²) in [6.07, 6.45) is 3.67. The Kier molecular flexibility index (Phi) is 7.09. The average Bonchev–Trinajstić information content (AvgIpc) is 3.54. The normalized spacial score (nSPS) is 19.5. The van der Waals surface area contributed by atoms with Crippen molar-refractivity contribution in [3.63, 3.8) is 0 Å². The third-order valence-corrected chi connectivity index (χ3v) is 7.01. The van der Waals surface area contributed by atoms with Crippen molar-refractivity contribution in [3.8, 4) is 0 Å². The van der Waals surface area contributed by atoms with Gasteiger partial charge in [0.25, 0.3) is 5.91 Å². The van der Waals surface area contributed by atoms with E-state index in [1.807, 2.05) is 19.1 Å². The molecule has 178 valence electrons. The lowest BCUT2D eigenvalue weighted by Crippen LogP contribution is -2.43. The SMILES string of the molecule is Cc1cc(CN2CCO[C@H](Cc3ccc(F)cc3Cl)C2)c(C2CC2)cc1C(=O)NS(C)(=O)=O. The van der Waals surface area contributed by atoms with Gasteiger partial charge in [0.05, 0.1) is 19.0 Å². The summed E-state index contributed by atoms with van der Waals surface area (Å²) in [5, 5.41) is 0.408. The lowest BCUT2D eigenvalue weighted by atomic mass is 9.95. The van der Waals surface area contributed by atoms with Crippen molar-refractivity contribution in [1.82, 2.24) is 9.62 Å². The van der Waals surface area contributed by atoms with Crippen molar-refractivity contribution in [1.29, 1.82) is 0 Å². The maximum Gasteiger partial charge on any atom is 0.264 e. The predicted molar refractivity (Wildman–Crippen MR) is 126 cm³/mol. The first-order valence-electron chi connectivity index (χ1n) is 11.0. The number of carbonyl (C=O) groups is 1. The molecule has 2 aromatic carbocycles. The Bertz CT molecular complexity index is 1170. The summed E-state index contributed by atoms with van der Waals surface area (Å²) in [6, 6.07) is 8.30. The zero-order valence-corrected chi connectivity index (χ0v) is 20.3. The van der Waals surface area contributed by atoms with Gasteiger partial charge in [0, 0.05) is 36.6 Å². The molecule has 1 atom stereocenters. The van der Waals surface area contributed by atoms with Gasteiger partial charge < -0.3 is 4.74 Å². The molecule has 9 heteroatoms. The van der Waals surface area contributed by atoms with Gasteiger partial charge in [-0.1, -0.05) is 23.7 Å². The Morgan fingerprint density at radius 2 is 2.00 bits per heavy atom. The van der Waals surface area contributed by atoms with Crippen molar-refractivity contribution in [2.24, 2.45) is 0 Å². The van der Waals surface area contributed by atoms with E-state index in [9.17, 15) is 17.6 Å². The molecule has 1 aliphatic heterocycles. The van der Waals surface area contributed by atoms with Crippen LogP contribution in [0.1, 0.15) is 51.4 Å². The summed E-state index contributed by atoms with van der Waals surface area (Å²) in [5.74, 6) is -0.544. The first-order valence-corrected chi connectivity index (χ1v) is 13.3. The first-order chi connectivity index (χ1) is 15.6. The van der Waals surface area contributed by atoms with Crippen molar-refractivity contribution in [3.05, 3.63) is 69.0 Å². The van der Waals surface area contributed by atoms with E-state index in [1.54, 1.807) is 6.07 Å². The summed E-state index contributed by atoms with van der Waals surface area (Å²) in [7, 11) is -3.63. The fourth-order valence-corrected chi connectivity index (χ4v) is 5.08. The lowest BCUT2D eigenvalue weighted by molar-refractivity contribution is -0.0305. The van der Waals surface area contributed by atoms with Gasteiger partial charge in [-0.3, -0.25) is 9.69 Å². The number of aryl methyl sites for hydroxylation is 1. The third kappa shape index (κ3) is 6.32. The molecule has 1 saturated carbocycles. The molecular formula is C24H28ClFN2O4S. The van der Waals surface area contributed by atoms with Gasteiger partial charge in [-0.05, 0) is 66.1 Å². The number of nitrogens with one attached hydrogen (secondary N) is 1. The smallest absolute Gasteiger partial charge is 0.264 e. The van der Waals surface area contributed by atoms with Crippen LogP contribution in [0.25, 0.3) is 0 Å². The second-order valence-corrected chi connectivity index (χ2v) is 11.2. The number of benzene rings is 2. The molecule has 1 amide bonds. The van der Waals surface area contributed by atoms with E-state index in [1.165, 1.54) is 12.1 Å². The minimum atomic E-state index is -3.63. The molecule has 0 bridgehead atoms. The summed E-state index contributed by atoms with van der Waals surface area (Å²) in [6.45, 7) is 4.64. The zero-order valence-electron chi connectivity index (χ0n) is 18.7. The number of morpholine rings is 1. The minimum absolute atomic E-state index is 0.0491. The van der Waals surface area contributed by atoms with Crippen LogP contribution >= 0.6 is 11.6 Å². The highest BCUT2D eigenvalue weighted by atomic mass is 35.5. The molecule has 1 aliphatic carbocycles. The topological polar surface area (TPSA) is 75.7 Å². The van der Waals surface area contributed by atoms with Gasteiger partial charge in [0.1, 0.15) is 5.82 Å². The highest BCUT2D eigenvalue weighted by Crippen LogP contribution is 2.43. The van der Waals surface area contributed by atoms with E-state index in [2.05, 4.69) is 9.62 Å². The van der Waals surface area contributed by atoms with E-state index in [-0.39, 0.29) is 11.9 Å². The van der Waals surface area contributed by atoms with E-state index in [0.29, 0.717) is 36.1 Å². The van der Waals surface area contributed by atoms with Gasteiger partial charge in [-0.25, -0.2) is 17.5 Å². The van der Waals surface area contributed by atoms with Crippen molar-refractivity contribution in [2.45, 2.75) is 44.8 Å².